The zero-order valence-corrected chi connectivity index (χ0v) is 16.5. The number of furan rings is 1. The fraction of sp³-hybridized carbons (Fsp3) is 0.409. The van der Waals surface area contributed by atoms with Crippen molar-refractivity contribution in [3.05, 3.63) is 54.2 Å². The molecular weight excluding hydrogens is 368 g/mol. The lowest BCUT2D eigenvalue weighted by Crippen LogP contribution is -2.35. The first-order valence-electron chi connectivity index (χ1n) is 10.3. The van der Waals surface area contributed by atoms with Crippen LogP contribution in [0.2, 0.25) is 0 Å². The second kappa shape index (κ2) is 8.94. The molecule has 1 aromatic carbocycles. The highest BCUT2D eigenvalue weighted by atomic mass is 16.3. The van der Waals surface area contributed by atoms with Crippen molar-refractivity contribution in [3.63, 3.8) is 0 Å². The Labute approximate surface area is 169 Å². The normalized spacial score (nSPS) is 14.7. The third kappa shape index (κ3) is 4.50. The Kier molecular flexibility index (Phi) is 5.93. The van der Waals surface area contributed by atoms with Crippen LogP contribution in [-0.2, 0) is 17.8 Å². The van der Waals surface area contributed by atoms with Crippen LogP contribution in [-0.4, -0.2) is 45.9 Å². The predicted molar refractivity (Wildman–Crippen MR) is 110 cm³/mol. The molecule has 0 bridgehead atoms. The van der Waals surface area contributed by atoms with Gasteiger partial charge in [-0.1, -0.05) is 25.0 Å². The highest BCUT2D eigenvalue weighted by molar-refractivity contribution is 5.91. The second-order valence-corrected chi connectivity index (χ2v) is 7.38. The van der Waals surface area contributed by atoms with Crippen molar-refractivity contribution in [2.75, 3.05) is 19.6 Å². The lowest BCUT2D eigenvalue weighted by Gasteiger charge is -2.21. The molecule has 1 aliphatic heterocycles. The first-order valence-corrected chi connectivity index (χ1v) is 10.3. The number of carbonyl (C=O) groups excluding carboxylic acids is 2. The van der Waals surface area contributed by atoms with Gasteiger partial charge in [0.15, 0.2) is 5.76 Å². The molecule has 1 aliphatic rings. The van der Waals surface area contributed by atoms with Crippen LogP contribution in [0.1, 0.15) is 42.1 Å². The number of amides is 2. The third-order valence-corrected chi connectivity index (χ3v) is 5.36. The maximum absolute atomic E-state index is 12.9. The number of benzene rings is 1. The molecule has 1 N–H and O–H groups in total. The molecule has 1 fully saturated rings. The van der Waals surface area contributed by atoms with Crippen LogP contribution in [0.25, 0.3) is 11.0 Å². The van der Waals surface area contributed by atoms with E-state index in [1.807, 2.05) is 33.7 Å². The van der Waals surface area contributed by atoms with Gasteiger partial charge in [-0.15, -0.1) is 0 Å². The summed E-state index contributed by atoms with van der Waals surface area (Å²) < 4.78 is 7.10. The number of hydrogen-bond acceptors (Lipinski definition) is 4. The van der Waals surface area contributed by atoms with Gasteiger partial charge in [0, 0.05) is 26.1 Å². The SMILES string of the molecule is O=C(NCCc1nc2ccccc2n1CC(=O)N1CCCCCC1)c1ccco1. The van der Waals surface area contributed by atoms with Crippen LogP contribution in [0.15, 0.2) is 47.1 Å². The quantitative estimate of drug-likeness (QED) is 0.697. The molecule has 0 aliphatic carbocycles. The number of rotatable bonds is 6. The largest absolute Gasteiger partial charge is 0.459 e. The van der Waals surface area contributed by atoms with Crippen LogP contribution in [0, 0.1) is 0 Å². The first kappa shape index (κ1) is 19.2. The van der Waals surface area contributed by atoms with E-state index >= 15 is 0 Å². The summed E-state index contributed by atoms with van der Waals surface area (Å²) >= 11 is 0. The molecule has 1 saturated heterocycles. The van der Waals surface area contributed by atoms with E-state index in [0.717, 1.165) is 42.8 Å². The number of imidazole rings is 1. The van der Waals surface area contributed by atoms with Crippen LogP contribution >= 0.6 is 0 Å². The van der Waals surface area contributed by atoms with Gasteiger partial charge in [0.2, 0.25) is 5.91 Å². The molecule has 0 unspecified atom stereocenters. The van der Waals surface area contributed by atoms with Gasteiger partial charge in [0.25, 0.3) is 5.91 Å². The molecule has 3 heterocycles. The fourth-order valence-corrected chi connectivity index (χ4v) is 3.83. The molecule has 0 saturated carbocycles. The van der Waals surface area contributed by atoms with Gasteiger partial charge in [-0.2, -0.15) is 0 Å². The Hall–Kier alpha value is -3.09. The van der Waals surface area contributed by atoms with Crippen molar-refractivity contribution in [1.29, 1.82) is 0 Å². The van der Waals surface area contributed by atoms with E-state index < -0.39 is 0 Å². The van der Waals surface area contributed by atoms with E-state index in [-0.39, 0.29) is 24.1 Å². The van der Waals surface area contributed by atoms with Gasteiger partial charge in [0.05, 0.1) is 17.3 Å². The predicted octanol–water partition coefficient (Wildman–Crippen LogP) is 3.00. The topological polar surface area (TPSA) is 80.4 Å². The summed E-state index contributed by atoms with van der Waals surface area (Å²) in [5.74, 6) is 0.971. The Balaban J connectivity index is 1.48. The molecule has 29 heavy (non-hydrogen) atoms. The lowest BCUT2D eigenvalue weighted by atomic mass is 10.2. The van der Waals surface area contributed by atoms with E-state index in [2.05, 4.69) is 5.32 Å². The molecule has 7 nitrogen and oxygen atoms in total. The van der Waals surface area contributed by atoms with Crippen molar-refractivity contribution in [1.82, 2.24) is 19.8 Å². The summed E-state index contributed by atoms with van der Waals surface area (Å²) in [4.78, 5) is 31.7. The summed E-state index contributed by atoms with van der Waals surface area (Å²) in [6.07, 6.45) is 6.54. The van der Waals surface area contributed by atoms with Crippen LogP contribution in [0.3, 0.4) is 0 Å². The number of nitrogens with one attached hydrogen (secondary N) is 1. The molecule has 0 atom stereocenters. The number of fused-ring (bicyclic) bond motifs is 1. The minimum absolute atomic E-state index is 0.135. The zero-order chi connectivity index (χ0) is 20.1. The monoisotopic (exact) mass is 394 g/mol. The summed E-state index contributed by atoms with van der Waals surface area (Å²) in [5.41, 5.74) is 1.81. The van der Waals surface area contributed by atoms with E-state index in [4.69, 9.17) is 9.40 Å². The van der Waals surface area contributed by atoms with Crippen molar-refractivity contribution in [3.8, 4) is 0 Å². The number of likely N-dealkylation sites (tertiary alicyclic amines) is 1. The van der Waals surface area contributed by atoms with Crippen molar-refractivity contribution < 1.29 is 14.0 Å². The molecule has 2 aromatic heterocycles. The van der Waals surface area contributed by atoms with E-state index in [0.29, 0.717) is 13.0 Å². The molecule has 152 valence electrons. The van der Waals surface area contributed by atoms with Gasteiger partial charge in [-0.25, -0.2) is 4.98 Å². The smallest absolute Gasteiger partial charge is 0.286 e. The standard InChI is InChI=1S/C22H26N4O3/c27-21(25-13-5-1-2-6-14-25)16-26-18-9-4-3-8-17(18)24-20(26)11-12-23-22(28)19-10-7-15-29-19/h3-4,7-10,15H,1-2,5-6,11-14,16H2,(H,23,28). The third-order valence-electron chi connectivity index (χ3n) is 5.36. The van der Waals surface area contributed by atoms with E-state index in [9.17, 15) is 9.59 Å². The summed E-state index contributed by atoms with van der Waals surface area (Å²) in [6, 6.07) is 11.2. The van der Waals surface area contributed by atoms with Gasteiger partial charge in [0.1, 0.15) is 12.4 Å². The second-order valence-electron chi connectivity index (χ2n) is 7.38. The molecule has 7 heteroatoms. The van der Waals surface area contributed by atoms with Gasteiger partial charge in [-0.3, -0.25) is 9.59 Å². The minimum atomic E-state index is -0.252. The number of nitrogens with zero attached hydrogens (tertiary/aromatic N) is 3. The lowest BCUT2D eigenvalue weighted by molar-refractivity contribution is -0.131. The Morgan fingerprint density at radius 2 is 1.83 bits per heavy atom. The molecule has 4 rings (SSSR count). The number of hydrogen-bond donors (Lipinski definition) is 1. The molecular formula is C22H26N4O3. The maximum Gasteiger partial charge on any atom is 0.286 e. The molecule has 0 spiro atoms. The minimum Gasteiger partial charge on any atom is -0.459 e. The molecule has 0 radical (unpaired) electrons. The number of para-hydroxylation sites is 2. The Morgan fingerprint density at radius 1 is 1.03 bits per heavy atom. The van der Waals surface area contributed by atoms with Crippen LogP contribution in [0.4, 0.5) is 0 Å². The Morgan fingerprint density at radius 3 is 2.59 bits per heavy atom. The van der Waals surface area contributed by atoms with Gasteiger partial charge >= 0.3 is 0 Å². The van der Waals surface area contributed by atoms with Crippen molar-refractivity contribution >= 4 is 22.8 Å². The van der Waals surface area contributed by atoms with Gasteiger partial charge < -0.3 is 19.2 Å². The maximum atomic E-state index is 12.9. The summed E-state index contributed by atoms with van der Waals surface area (Å²) in [5, 5.41) is 2.85. The van der Waals surface area contributed by atoms with E-state index in [1.54, 1.807) is 12.1 Å². The Bertz CT molecular complexity index is 969. The fourth-order valence-electron chi connectivity index (χ4n) is 3.83. The van der Waals surface area contributed by atoms with Crippen molar-refractivity contribution in [2.45, 2.75) is 38.6 Å². The van der Waals surface area contributed by atoms with Gasteiger partial charge in [-0.05, 0) is 37.1 Å². The average Bonchev–Trinajstić information content (AvgIpc) is 3.29. The van der Waals surface area contributed by atoms with Crippen LogP contribution in [0.5, 0.6) is 0 Å². The molecule has 2 amide bonds. The first-order chi connectivity index (χ1) is 14.2. The summed E-state index contributed by atoms with van der Waals surface area (Å²) in [7, 11) is 0. The summed E-state index contributed by atoms with van der Waals surface area (Å²) in [6.45, 7) is 2.36. The average molecular weight is 394 g/mol. The van der Waals surface area contributed by atoms with Crippen LogP contribution < -0.4 is 5.32 Å². The highest BCUT2D eigenvalue weighted by Gasteiger charge is 2.19. The number of aromatic nitrogens is 2. The van der Waals surface area contributed by atoms with Crippen molar-refractivity contribution in [2.24, 2.45) is 0 Å². The zero-order valence-electron chi connectivity index (χ0n) is 16.5. The molecule has 3 aromatic rings. The number of carbonyl (C=O) groups is 2. The van der Waals surface area contributed by atoms with E-state index in [1.165, 1.54) is 19.1 Å². The highest BCUT2D eigenvalue weighted by Crippen LogP contribution is 2.18.